The fourth-order valence-corrected chi connectivity index (χ4v) is 5.73. The van der Waals surface area contributed by atoms with Crippen LogP contribution in [0.15, 0.2) is 11.4 Å². The monoisotopic (exact) mass is 423 g/mol. The highest BCUT2D eigenvalue weighted by atomic mass is 32.2. The van der Waals surface area contributed by atoms with Crippen LogP contribution in [0.4, 0.5) is 0 Å². The van der Waals surface area contributed by atoms with Gasteiger partial charge in [0.2, 0.25) is 15.0 Å². The summed E-state index contributed by atoms with van der Waals surface area (Å²) in [6.07, 6.45) is 11.7. The first-order valence-electron chi connectivity index (χ1n) is 11.2. The van der Waals surface area contributed by atoms with Crippen LogP contribution in [0.5, 0.6) is 0 Å². The lowest BCUT2D eigenvalue weighted by molar-refractivity contribution is -0.125. The van der Waals surface area contributed by atoms with E-state index in [-0.39, 0.29) is 11.1 Å². The topological polar surface area (TPSA) is 72.3 Å². The van der Waals surface area contributed by atoms with Gasteiger partial charge in [-0.1, -0.05) is 33.1 Å². The minimum Gasteiger partial charge on any atom is -0.317 e. The summed E-state index contributed by atoms with van der Waals surface area (Å²) in [7, 11) is -3.36. The second-order valence-electron chi connectivity index (χ2n) is 9.56. The number of aromatic nitrogens is 2. The van der Waals surface area contributed by atoms with Crippen LogP contribution in [0, 0.1) is 17.8 Å². The van der Waals surface area contributed by atoms with E-state index in [1.807, 2.05) is 4.57 Å². The number of rotatable bonds is 8. The van der Waals surface area contributed by atoms with Gasteiger partial charge in [0.25, 0.3) is 0 Å². The lowest BCUT2D eigenvalue weighted by Gasteiger charge is -2.32. The van der Waals surface area contributed by atoms with Crippen molar-refractivity contribution in [3.8, 4) is 0 Å². The molecule has 1 aliphatic heterocycles. The maximum atomic E-state index is 12.5. The Morgan fingerprint density at radius 3 is 2.55 bits per heavy atom. The SMILES string of the molecule is CC(C)CC(=O)C1CCCN(Cc2cnc(S(C)(=O)=O)n2CC2CCCCC2)C1. The Morgan fingerprint density at radius 2 is 1.90 bits per heavy atom. The Bertz CT molecular complexity index is 794. The normalized spacial score (nSPS) is 22.3. The quantitative estimate of drug-likeness (QED) is 0.638. The number of carbonyl (C=O) groups excluding carboxylic acids is 1. The van der Waals surface area contributed by atoms with Gasteiger partial charge in [0.15, 0.2) is 0 Å². The molecular formula is C22H37N3O3S. The summed E-state index contributed by atoms with van der Waals surface area (Å²) >= 11 is 0. The smallest absolute Gasteiger partial charge is 0.227 e. The number of nitrogens with zero attached hydrogens (tertiary/aromatic N) is 3. The summed E-state index contributed by atoms with van der Waals surface area (Å²) < 4.78 is 26.6. The number of imidazole rings is 1. The van der Waals surface area contributed by atoms with E-state index < -0.39 is 9.84 Å². The van der Waals surface area contributed by atoms with Crippen molar-refractivity contribution in [2.24, 2.45) is 17.8 Å². The van der Waals surface area contributed by atoms with E-state index in [0.29, 0.717) is 30.6 Å². The number of piperidine rings is 1. The van der Waals surface area contributed by atoms with Crippen molar-refractivity contribution >= 4 is 15.6 Å². The van der Waals surface area contributed by atoms with Crippen molar-refractivity contribution in [2.75, 3.05) is 19.3 Å². The third kappa shape index (κ3) is 6.14. The first-order valence-corrected chi connectivity index (χ1v) is 13.1. The molecule has 1 saturated heterocycles. The molecule has 0 N–H and O–H groups in total. The van der Waals surface area contributed by atoms with Gasteiger partial charge in [-0.05, 0) is 44.1 Å². The van der Waals surface area contributed by atoms with Gasteiger partial charge < -0.3 is 4.57 Å². The Morgan fingerprint density at radius 1 is 1.17 bits per heavy atom. The molecule has 164 valence electrons. The summed E-state index contributed by atoms with van der Waals surface area (Å²) in [5.41, 5.74) is 0.966. The van der Waals surface area contributed by atoms with E-state index in [1.54, 1.807) is 6.20 Å². The fourth-order valence-electron chi connectivity index (χ4n) is 4.90. The largest absolute Gasteiger partial charge is 0.317 e. The van der Waals surface area contributed by atoms with Gasteiger partial charge in [-0.3, -0.25) is 9.69 Å². The molecule has 2 heterocycles. The highest BCUT2D eigenvalue weighted by molar-refractivity contribution is 7.90. The number of ketones is 1. The summed E-state index contributed by atoms with van der Waals surface area (Å²) in [4.78, 5) is 19.2. The maximum Gasteiger partial charge on any atom is 0.227 e. The molecule has 6 nitrogen and oxygen atoms in total. The number of hydrogen-bond acceptors (Lipinski definition) is 5. The van der Waals surface area contributed by atoms with Crippen molar-refractivity contribution in [2.45, 2.75) is 83.5 Å². The molecule has 0 aromatic carbocycles. The van der Waals surface area contributed by atoms with Crippen molar-refractivity contribution in [1.82, 2.24) is 14.5 Å². The molecule has 1 atom stereocenters. The average Bonchev–Trinajstić information content (AvgIpc) is 3.05. The minimum atomic E-state index is -3.36. The van der Waals surface area contributed by atoms with Crippen LogP contribution in [0.1, 0.15) is 70.9 Å². The average molecular weight is 424 g/mol. The molecule has 1 aromatic heterocycles. The molecule has 0 spiro atoms. The van der Waals surface area contributed by atoms with Crippen molar-refractivity contribution in [3.63, 3.8) is 0 Å². The van der Waals surface area contributed by atoms with E-state index >= 15 is 0 Å². The highest BCUT2D eigenvalue weighted by Gasteiger charge is 2.28. The van der Waals surface area contributed by atoms with Crippen molar-refractivity contribution in [1.29, 1.82) is 0 Å². The van der Waals surface area contributed by atoms with Gasteiger partial charge in [-0.25, -0.2) is 13.4 Å². The van der Waals surface area contributed by atoms with Crippen LogP contribution in [-0.2, 0) is 27.7 Å². The van der Waals surface area contributed by atoms with E-state index in [2.05, 4.69) is 23.7 Å². The molecule has 29 heavy (non-hydrogen) atoms. The molecule has 3 rings (SSSR count). The number of likely N-dealkylation sites (tertiary alicyclic amines) is 1. The number of sulfone groups is 1. The van der Waals surface area contributed by atoms with Gasteiger partial charge >= 0.3 is 0 Å². The Hall–Kier alpha value is -1.21. The van der Waals surface area contributed by atoms with Crippen LogP contribution in [0.3, 0.4) is 0 Å². The van der Waals surface area contributed by atoms with E-state index in [9.17, 15) is 13.2 Å². The summed E-state index contributed by atoms with van der Waals surface area (Å²) in [5.74, 6) is 1.40. The molecule has 1 unspecified atom stereocenters. The lowest BCUT2D eigenvalue weighted by atomic mass is 9.89. The number of Topliss-reactive ketones (excluding diaryl/α,β-unsaturated/α-hetero) is 1. The van der Waals surface area contributed by atoms with Crippen molar-refractivity contribution < 1.29 is 13.2 Å². The molecule has 1 aromatic rings. The first-order chi connectivity index (χ1) is 13.7. The van der Waals surface area contributed by atoms with E-state index in [1.165, 1.54) is 25.5 Å². The van der Waals surface area contributed by atoms with E-state index in [0.717, 1.165) is 51.0 Å². The molecular weight excluding hydrogens is 386 g/mol. The van der Waals surface area contributed by atoms with Gasteiger partial charge in [0.1, 0.15) is 5.78 Å². The fraction of sp³-hybridized carbons (Fsp3) is 0.818. The zero-order chi connectivity index (χ0) is 21.0. The van der Waals surface area contributed by atoms with Crippen LogP contribution < -0.4 is 0 Å². The molecule has 0 radical (unpaired) electrons. The van der Waals surface area contributed by atoms with Gasteiger partial charge in [0, 0.05) is 38.2 Å². The Balaban J connectivity index is 1.74. The van der Waals surface area contributed by atoms with Crippen LogP contribution in [0.25, 0.3) is 0 Å². The zero-order valence-electron chi connectivity index (χ0n) is 18.3. The summed E-state index contributed by atoms with van der Waals surface area (Å²) in [6, 6.07) is 0. The van der Waals surface area contributed by atoms with Crippen LogP contribution in [-0.4, -0.2) is 48.0 Å². The maximum absolute atomic E-state index is 12.5. The predicted molar refractivity (Wildman–Crippen MR) is 114 cm³/mol. The first kappa shape index (κ1) is 22.5. The zero-order valence-corrected chi connectivity index (χ0v) is 19.1. The minimum absolute atomic E-state index is 0.107. The van der Waals surface area contributed by atoms with Crippen LogP contribution in [0.2, 0.25) is 0 Å². The number of carbonyl (C=O) groups is 1. The Kier molecular flexibility index (Phi) is 7.54. The summed E-state index contributed by atoms with van der Waals surface area (Å²) in [6.45, 7) is 7.31. The molecule has 0 bridgehead atoms. The second-order valence-corrected chi connectivity index (χ2v) is 11.5. The molecule has 1 aliphatic carbocycles. The second kappa shape index (κ2) is 9.73. The third-order valence-electron chi connectivity index (χ3n) is 6.35. The Labute approximate surface area is 176 Å². The molecule has 2 fully saturated rings. The van der Waals surface area contributed by atoms with Gasteiger partial charge in [-0.15, -0.1) is 0 Å². The van der Waals surface area contributed by atoms with Gasteiger partial charge in [-0.2, -0.15) is 0 Å². The lowest BCUT2D eigenvalue weighted by Crippen LogP contribution is -2.39. The standard InChI is InChI=1S/C22H37N3O3S/c1-17(2)12-21(26)19-10-7-11-24(15-19)16-20-13-23-22(29(3,27)28)25(20)14-18-8-5-4-6-9-18/h13,17-19H,4-12,14-16H2,1-3H3. The van der Waals surface area contributed by atoms with E-state index in [4.69, 9.17) is 0 Å². The molecule has 1 saturated carbocycles. The predicted octanol–water partition coefficient (Wildman–Crippen LogP) is 3.69. The summed E-state index contributed by atoms with van der Waals surface area (Å²) in [5, 5.41) is 0.197. The molecule has 7 heteroatoms. The van der Waals surface area contributed by atoms with Crippen molar-refractivity contribution in [3.05, 3.63) is 11.9 Å². The van der Waals surface area contributed by atoms with Crippen LogP contribution >= 0.6 is 0 Å². The third-order valence-corrected chi connectivity index (χ3v) is 7.34. The van der Waals surface area contributed by atoms with Gasteiger partial charge in [0.05, 0.1) is 11.9 Å². The highest BCUT2D eigenvalue weighted by Crippen LogP contribution is 2.28. The number of hydrogen-bond donors (Lipinski definition) is 0. The molecule has 0 amide bonds. The molecule has 2 aliphatic rings.